The molecule has 1 aliphatic rings. The predicted octanol–water partition coefficient (Wildman–Crippen LogP) is 4.75. The first-order valence-electron chi connectivity index (χ1n) is 10.1. The largest absolute Gasteiger partial charge is 0.459 e. The van der Waals surface area contributed by atoms with Gasteiger partial charge in [-0.2, -0.15) is 4.98 Å². The Morgan fingerprint density at radius 2 is 1.62 bits per heavy atom. The van der Waals surface area contributed by atoms with E-state index < -0.39 is 9.84 Å². The molecule has 0 unspecified atom stereocenters. The highest BCUT2D eigenvalue weighted by Gasteiger charge is 2.33. The number of nitrogens with zero attached hydrogens (tertiary/aromatic N) is 3. The van der Waals surface area contributed by atoms with Gasteiger partial charge in [0.25, 0.3) is 5.89 Å². The quantitative estimate of drug-likeness (QED) is 0.417. The molecule has 7 nitrogen and oxygen atoms in total. The molecule has 4 aromatic rings. The smallest absolute Gasteiger partial charge is 0.266 e. The summed E-state index contributed by atoms with van der Waals surface area (Å²) in [5, 5.41) is 0.575. The van der Waals surface area contributed by atoms with Crippen molar-refractivity contribution in [1.29, 1.82) is 0 Å². The molecule has 1 fully saturated rings. The van der Waals surface area contributed by atoms with Crippen molar-refractivity contribution >= 4 is 33.0 Å². The Bertz CT molecular complexity index is 1310. The number of furan rings is 1. The SMILES string of the molecule is O=S(=O)(c1ccccc1)c1nc(-c2ccco2)oc1N1CCN(c2cccc(Cl)c2)CC1. The molecule has 0 bridgehead atoms. The summed E-state index contributed by atoms with van der Waals surface area (Å²) in [6, 6.07) is 19.3. The third-order valence-corrected chi connectivity index (χ3v) is 7.26. The van der Waals surface area contributed by atoms with Crippen LogP contribution in [0.15, 0.2) is 91.7 Å². The minimum atomic E-state index is -3.88. The number of hydrogen-bond acceptors (Lipinski definition) is 7. The van der Waals surface area contributed by atoms with E-state index in [0.717, 1.165) is 5.69 Å². The molecule has 0 amide bonds. The number of rotatable bonds is 5. The number of piperazine rings is 1. The van der Waals surface area contributed by atoms with Crippen LogP contribution < -0.4 is 9.80 Å². The zero-order valence-corrected chi connectivity index (χ0v) is 18.6. The van der Waals surface area contributed by atoms with Gasteiger partial charge in [0.15, 0.2) is 5.76 Å². The van der Waals surface area contributed by atoms with Crippen molar-refractivity contribution in [2.45, 2.75) is 9.92 Å². The van der Waals surface area contributed by atoms with Crippen LogP contribution in [0.3, 0.4) is 0 Å². The lowest BCUT2D eigenvalue weighted by Gasteiger charge is -2.36. The van der Waals surface area contributed by atoms with Crippen LogP contribution in [0.1, 0.15) is 0 Å². The van der Waals surface area contributed by atoms with Crippen LogP contribution in [0.2, 0.25) is 5.02 Å². The summed E-state index contributed by atoms with van der Waals surface area (Å²) >= 11 is 6.13. The highest BCUT2D eigenvalue weighted by molar-refractivity contribution is 7.91. The third kappa shape index (κ3) is 3.87. The molecule has 2 aromatic carbocycles. The Balaban J connectivity index is 1.48. The fraction of sp³-hybridized carbons (Fsp3) is 0.174. The second-order valence-corrected chi connectivity index (χ2v) is 9.68. The summed E-state index contributed by atoms with van der Waals surface area (Å²) < 4.78 is 38.2. The average molecular weight is 470 g/mol. The van der Waals surface area contributed by atoms with Crippen molar-refractivity contribution < 1.29 is 17.3 Å². The molecule has 2 aromatic heterocycles. The molecule has 0 atom stereocenters. The first-order chi connectivity index (χ1) is 15.5. The second kappa shape index (κ2) is 8.37. The van der Waals surface area contributed by atoms with Crippen molar-refractivity contribution in [2.24, 2.45) is 0 Å². The van der Waals surface area contributed by atoms with Crippen LogP contribution in [0.5, 0.6) is 0 Å². The Morgan fingerprint density at radius 1 is 0.875 bits per heavy atom. The van der Waals surface area contributed by atoms with Gasteiger partial charge in [-0.3, -0.25) is 0 Å². The van der Waals surface area contributed by atoms with Crippen LogP contribution in [-0.4, -0.2) is 39.6 Å². The number of sulfone groups is 1. The molecular weight excluding hydrogens is 450 g/mol. The van der Waals surface area contributed by atoms with E-state index in [4.69, 9.17) is 20.4 Å². The van der Waals surface area contributed by atoms with E-state index in [0.29, 0.717) is 37.0 Å². The predicted molar refractivity (Wildman–Crippen MR) is 122 cm³/mol. The van der Waals surface area contributed by atoms with Gasteiger partial charge < -0.3 is 18.6 Å². The lowest BCUT2D eigenvalue weighted by atomic mass is 10.2. The topological polar surface area (TPSA) is 79.8 Å². The summed E-state index contributed by atoms with van der Waals surface area (Å²) in [5.74, 6) is 0.737. The molecule has 0 N–H and O–H groups in total. The van der Waals surface area contributed by atoms with Crippen molar-refractivity contribution in [3.8, 4) is 11.7 Å². The molecule has 3 heterocycles. The molecule has 164 valence electrons. The molecule has 1 saturated heterocycles. The first kappa shape index (κ1) is 20.7. The van der Waals surface area contributed by atoms with Gasteiger partial charge in [-0.1, -0.05) is 35.9 Å². The lowest BCUT2D eigenvalue weighted by Crippen LogP contribution is -2.46. The van der Waals surface area contributed by atoms with Gasteiger partial charge in [0.05, 0.1) is 11.2 Å². The van der Waals surface area contributed by atoms with Crippen molar-refractivity contribution in [2.75, 3.05) is 36.0 Å². The highest BCUT2D eigenvalue weighted by atomic mass is 35.5. The van der Waals surface area contributed by atoms with E-state index in [1.165, 1.54) is 6.26 Å². The van der Waals surface area contributed by atoms with Crippen LogP contribution >= 0.6 is 11.6 Å². The molecule has 0 aliphatic carbocycles. The lowest BCUT2D eigenvalue weighted by molar-refractivity contribution is 0.498. The van der Waals surface area contributed by atoms with E-state index in [9.17, 15) is 8.42 Å². The maximum atomic E-state index is 13.4. The molecule has 0 radical (unpaired) electrons. The zero-order chi connectivity index (χ0) is 22.1. The van der Waals surface area contributed by atoms with Gasteiger partial charge in [0.1, 0.15) is 0 Å². The van der Waals surface area contributed by atoms with Gasteiger partial charge in [-0.05, 0) is 42.5 Å². The maximum absolute atomic E-state index is 13.4. The maximum Gasteiger partial charge on any atom is 0.266 e. The Kier molecular flexibility index (Phi) is 5.40. The third-order valence-electron chi connectivity index (χ3n) is 5.36. The zero-order valence-electron chi connectivity index (χ0n) is 17.0. The number of benzene rings is 2. The van der Waals surface area contributed by atoms with Crippen LogP contribution in [0, 0.1) is 0 Å². The van der Waals surface area contributed by atoms with Crippen LogP contribution in [-0.2, 0) is 9.84 Å². The molecule has 0 spiro atoms. The van der Waals surface area contributed by atoms with Gasteiger partial charge in [0, 0.05) is 36.9 Å². The minimum Gasteiger partial charge on any atom is -0.459 e. The van der Waals surface area contributed by atoms with E-state index in [1.807, 2.05) is 29.2 Å². The van der Waals surface area contributed by atoms with E-state index >= 15 is 0 Å². The van der Waals surface area contributed by atoms with Gasteiger partial charge in [-0.15, -0.1) is 0 Å². The second-order valence-electron chi connectivity index (χ2n) is 7.38. The Labute approximate surface area is 190 Å². The van der Waals surface area contributed by atoms with Crippen molar-refractivity contribution in [1.82, 2.24) is 4.98 Å². The summed E-state index contributed by atoms with van der Waals surface area (Å²) in [6.07, 6.45) is 1.49. The molecular formula is C23H20ClN3O4S. The summed E-state index contributed by atoms with van der Waals surface area (Å²) in [4.78, 5) is 8.63. The fourth-order valence-corrected chi connectivity index (χ4v) is 5.26. The first-order valence-corrected chi connectivity index (χ1v) is 12.0. The number of oxazole rings is 1. The Morgan fingerprint density at radius 3 is 2.31 bits per heavy atom. The molecule has 5 rings (SSSR count). The molecule has 32 heavy (non-hydrogen) atoms. The Hall–Kier alpha value is -3.23. The molecule has 1 aliphatic heterocycles. The average Bonchev–Trinajstić information content (AvgIpc) is 3.50. The number of aromatic nitrogens is 1. The minimum absolute atomic E-state index is 0.105. The van der Waals surface area contributed by atoms with Crippen molar-refractivity contribution in [3.05, 3.63) is 78.0 Å². The normalized spacial score (nSPS) is 14.7. The summed E-state index contributed by atoms with van der Waals surface area (Å²) in [5.41, 5.74) is 1.03. The molecule has 0 saturated carbocycles. The monoisotopic (exact) mass is 469 g/mol. The number of anilines is 2. The van der Waals surface area contributed by atoms with Gasteiger partial charge in [-0.25, -0.2) is 8.42 Å². The standard InChI is InChI=1S/C23H20ClN3O4S/c24-17-6-4-7-18(16-17)26-11-13-27(14-12-26)23-22(25-21(31-23)20-10-5-15-30-20)32(28,29)19-8-2-1-3-9-19/h1-10,15-16H,11-14H2. The van der Waals surface area contributed by atoms with Gasteiger partial charge in [0.2, 0.25) is 20.7 Å². The highest BCUT2D eigenvalue weighted by Crippen LogP contribution is 2.35. The van der Waals surface area contributed by atoms with Gasteiger partial charge >= 0.3 is 0 Å². The van der Waals surface area contributed by atoms with Crippen molar-refractivity contribution in [3.63, 3.8) is 0 Å². The van der Waals surface area contributed by atoms with Crippen LogP contribution in [0.25, 0.3) is 11.7 Å². The van der Waals surface area contributed by atoms with Crippen LogP contribution in [0.4, 0.5) is 11.6 Å². The van der Waals surface area contributed by atoms with E-state index in [1.54, 1.807) is 42.5 Å². The number of hydrogen-bond donors (Lipinski definition) is 0. The summed E-state index contributed by atoms with van der Waals surface area (Å²) in [6.45, 7) is 2.50. The molecule has 9 heteroatoms. The van der Waals surface area contributed by atoms with E-state index in [2.05, 4.69) is 9.88 Å². The van der Waals surface area contributed by atoms with E-state index in [-0.39, 0.29) is 21.7 Å². The fourth-order valence-electron chi connectivity index (χ4n) is 3.73. The number of halogens is 1. The summed E-state index contributed by atoms with van der Waals surface area (Å²) in [7, 11) is -3.88.